The zero-order valence-corrected chi connectivity index (χ0v) is 16.6. The molecule has 0 saturated carbocycles. The number of aliphatic imine (C=N–C) groups is 1. The zero-order chi connectivity index (χ0) is 19.8. The van der Waals surface area contributed by atoms with Crippen LogP contribution < -0.4 is 0 Å². The zero-order valence-electron chi connectivity index (χ0n) is 16.6. The molecular formula is C27H22N2. The van der Waals surface area contributed by atoms with E-state index in [2.05, 4.69) is 105 Å². The molecule has 0 N–H and O–H groups in total. The van der Waals surface area contributed by atoms with Crippen molar-refractivity contribution >= 4 is 22.3 Å². The lowest BCUT2D eigenvalue weighted by atomic mass is 9.88. The van der Waals surface area contributed by atoms with Crippen molar-refractivity contribution in [1.29, 1.82) is 0 Å². The van der Waals surface area contributed by atoms with E-state index in [9.17, 15) is 0 Å². The molecule has 1 aliphatic heterocycles. The Balaban J connectivity index is 1.81. The molecule has 0 amide bonds. The molecule has 0 radical (unpaired) electrons. The Morgan fingerprint density at radius 2 is 1.52 bits per heavy atom. The molecule has 3 aromatic carbocycles. The maximum absolute atomic E-state index is 4.99. The summed E-state index contributed by atoms with van der Waals surface area (Å²) < 4.78 is 0. The van der Waals surface area contributed by atoms with Crippen molar-refractivity contribution < 1.29 is 0 Å². The number of rotatable bonds is 2. The van der Waals surface area contributed by atoms with Crippen LogP contribution in [-0.2, 0) is 0 Å². The molecule has 1 aromatic heterocycles. The van der Waals surface area contributed by atoms with Crippen molar-refractivity contribution in [3.63, 3.8) is 0 Å². The number of pyridine rings is 1. The van der Waals surface area contributed by atoms with Gasteiger partial charge in [-0.05, 0) is 48.2 Å². The third kappa shape index (κ3) is 3.17. The summed E-state index contributed by atoms with van der Waals surface area (Å²) in [4.78, 5) is 9.93. The lowest BCUT2D eigenvalue weighted by Gasteiger charge is -2.18. The predicted molar refractivity (Wildman–Crippen MR) is 122 cm³/mol. The molecule has 0 spiro atoms. The monoisotopic (exact) mass is 374 g/mol. The third-order valence-corrected chi connectivity index (χ3v) is 5.51. The maximum atomic E-state index is 4.99. The van der Waals surface area contributed by atoms with Crippen LogP contribution in [-0.4, -0.2) is 10.7 Å². The van der Waals surface area contributed by atoms with Crippen molar-refractivity contribution in [2.45, 2.75) is 19.8 Å². The van der Waals surface area contributed by atoms with E-state index in [1.165, 1.54) is 22.3 Å². The van der Waals surface area contributed by atoms with Crippen LogP contribution in [0.3, 0.4) is 0 Å². The third-order valence-electron chi connectivity index (χ3n) is 5.51. The molecule has 1 aliphatic rings. The fourth-order valence-electron chi connectivity index (χ4n) is 4.15. The SMILES string of the molecule is CC1=Nc2c(ccc3c(-c4ccccc4)cc(C)nc23)C(c2ccccc2)C=C1. The Morgan fingerprint density at radius 1 is 0.793 bits per heavy atom. The standard InChI is InChI=1S/C27H22N2/c1-18-13-14-22(20-9-5-3-6-10-20)23-15-16-24-25(21-11-7-4-8-12-21)17-19(2)29-27(24)26(23)28-18/h3-17,22H,1-2H3. The molecule has 140 valence electrons. The van der Waals surface area contributed by atoms with Crippen molar-refractivity contribution in [3.8, 4) is 11.1 Å². The van der Waals surface area contributed by atoms with Crippen LogP contribution in [0.25, 0.3) is 22.0 Å². The van der Waals surface area contributed by atoms with Gasteiger partial charge in [-0.3, -0.25) is 9.98 Å². The van der Waals surface area contributed by atoms with E-state index in [4.69, 9.17) is 9.98 Å². The van der Waals surface area contributed by atoms with Gasteiger partial charge in [-0.2, -0.15) is 0 Å². The van der Waals surface area contributed by atoms with E-state index < -0.39 is 0 Å². The number of benzene rings is 3. The normalized spacial score (nSPS) is 15.7. The van der Waals surface area contributed by atoms with Crippen LogP contribution in [0.5, 0.6) is 0 Å². The highest BCUT2D eigenvalue weighted by Crippen LogP contribution is 2.41. The molecule has 0 bridgehead atoms. The first-order chi connectivity index (χ1) is 14.2. The number of aromatic nitrogens is 1. The van der Waals surface area contributed by atoms with Gasteiger partial charge in [0.2, 0.25) is 0 Å². The van der Waals surface area contributed by atoms with Gasteiger partial charge in [0, 0.05) is 22.7 Å². The van der Waals surface area contributed by atoms with Crippen LogP contribution >= 0.6 is 0 Å². The van der Waals surface area contributed by atoms with Crippen LogP contribution in [0.4, 0.5) is 5.69 Å². The Labute approximate surface area is 171 Å². The van der Waals surface area contributed by atoms with E-state index >= 15 is 0 Å². The molecule has 29 heavy (non-hydrogen) atoms. The first-order valence-electron chi connectivity index (χ1n) is 9.99. The molecular weight excluding hydrogens is 352 g/mol. The summed E-state index contributed by atoms with van der Waals surface area (Å²) >= 11 is 0. The van der Waals surface area contributed by atoms with Gasteiger partial charge in [0.25, 0.3) is 0 Å². The van der Waals surface area contributed by atoms with Crippen LogP contribution in [0.2, 0.25) is 0 Å². The topological polar surface area (TPSA) is 25.2 Å². The number of hydrogen-bond acceptors (Lipinski definition) is 2. The van der Waals surface area contributed by atoms with E-state index in [0.29, 0.717) is 0 Å². The Hall–Kier alpha value is -3.52. The second kappa shape index (κ2) is 7.14. The first-order valence-corrected chi connectivity index (χ1v) is 9.99. The summed E-state index contributed by atoms with van der Waals surface area (Å²) in [5.74, 6) is 0.166. The maximum Gasteiger partial charge on any atom is 0.0971 e. The number of hydrogen-bond donors (Lipinski definition) is 0. The van der Waals surface area contributed by atoms with Crippen molar-refractivity contribution in [1.82, 2.24) is 4.98 Å². The van der Waals surface area contributed by atoms with E-state index in [-0.39, 0.29) is 5.92 Å². The van der Waals surface area contributed by atoms with Gasteiger partial charge in [-0.25, -0.2) is 0 Å². The van der Waals surface area contributed by atoms with Gasteiger partial charge in [-0.1, -0.05) is 78.9 Å². The molecule has 2 heteroatoms. The van der Waals surface area contributed by atoms with Crippen molar-refractivity contribution in [2.75, 3.05) is 0 Å². The van der Waals surface area contributed by atoms with Crippen molar-refractivity contribution in [2.24, 2.45) is 4.99 Å². The van der Waals surface area contributed by atoms with Gasteiger partial charge in [0.1, 0.15) is 0 Å². The number of aryl methyl sites for hydroxylation is 1. The van der Waals surface area contributed by atoms with Crippen molar-refractivity contribution in [3.05, 3.63) is 108 Å². The highest BCUT2D eigenvalue weighted by molar-refractivity contribution is 6.05. The van der Waals surface area contributed by atoms with E-state index in [1.54, 1.807) is 0 Å². The smallest absolute Gasteiger partial charge is 0.0971 e. The lowest BCUT2D eigenvalue weighted by Crippen LogP contribution is -1.99. The summed E-state index contributed by atoms with van der Waals surface area (Å²) in [7, 11) is 0. The van der Waals surface area contributed by atoms with E-state index in [0.717, 1.165) is 28.0 Å². The Bertz CT molecular complexity index is 1250. The quantitative estimate of drug-likeness (QED) is 0.371. The van der Waals surface area contributed by atoms with Gasteiger partial charge in [0.15, 0.2) is 0 Å². The molecule has 1 atom stereocenters. The number of fused-ring (bicyclic) bond motifs is 3. The average molecular weight is 374 g/mol. The molecule has 2 nitrogen and oxygen atoms in total. The van der Waals surface area contributed by atoms with Gasteiger partial charge in [0.05, 0.1) is 11.2 Å². The highest BCUT2D eigenvalue weighted by Gasteiger charge is 2.21. The summed E-state index contributed by atoms with van der Waals surface area (Å²) in [5.41, 5.74) is 8.85. The minimum absolute atomic E-state index is 0.166. The number of allylic oxidation sites excluding steroid dienone is 2. The molecule has 0 aliphatic carbocycles. The second-order valence-corrected chi connectivity index (χ2v) is 7.58. The minimum atomic E-state index is 0.166. The molecule has 1 unspecified atom stereocenters. The molecule has 2 heterocycles. The Morgan fingerprint density at radius 3 is 2.28 bits per heavy atom. The first kappa shape index (κ1) is 17.6. The second-order valence-electron chi connectivity index (χ2n) is 7.58. The molecule has 0 fully saturated rings. The summed E-state index contributed by atoms with van der Waals surface area (Å²) in [6.07, 6.45) is 4.37. The molecule has 4 aromatic rings. The van der Waals surface area contributed by atoms with Gasteiger partial charge in [-0.15, -0.1) is 0 Å². The fourth-order valence-corrected chi connectivity index (χ4v) is 4.15. The van der Waals surface area contributed by atoms with Crippen LogP contribution in [0.1, 0.15) is 29.7 Å². The largest absolute Gasteiger partial charge is 0.251 e. The summed E-state index contributed by atoms with van der Waals surface area (Å²) in [6, 6.07) is 27.8. The van der Waals surface area contributed by atoms with Crippen LogP contribution in [0.15, 0.2) is 96.0 Å². The average Bonchev–Trinajstić information content (AvgIpc) is 2.93. The minimum Gasteiger partial charge on any atom is -0.251 e. The van der Waals surface area contributed by atoms with Gasteiger partial charge < -0.3 is 0 Å². The van der Waals surface area contributed by atoms with E-state index in [1.807, 2.05) is 0 Å². The lowest BCUT2D eigenvalue weighted by molar-refractivity contribution is 1.03. The number of nitrogens with zero attached hydrogens (tertiary/aromatic N) is 2. The molecule has 0 saturated heterocycles. The molecule has 5 rings (SSSR count). The summed E-state index contributed by atoms with van der Waals surface area (Å²) in [5, 5.41) is 1.14. The Kier molecular flexibility index (Phi) is 4.33. The highest BCUT2D eigenvalue weighted by atomic mass is 14.8. The fraction of sp³-hybridized carbons (Fsp3) is 0.111. The van der Waals surface area contributed by atoms with Crippen LogP contribution in [0, 0.1) is 6.92 Å². The van der Waals surface area contributed by atoms with Gasteiger partial charge >= 0.3 is 0 Å². The predicted octanol–water partition coefficient (Wildman–Crippen LogP) is 7.00. The summed E-state index contributed by atoms with van der Waals surface area (Å²) in [6.45, 7) is 4.12.